The summed E-state index contributed by atoms with van der Waals surface area (Å²) < 4.78 is 5.32. The van der Waals surface area contributed by atoms with Crippen molar-refractivity contribution in [2.45, 2.75) is 32.7 Å². The van der Waals surface area contributed by atoms with Crippen molar-refractivity contribution >= 4 is 0 Å². The summed E-state index contributed by atoms with van der Waals surface area (Å²) in [6, 6.07) is 1.89. The van der Waals surface area contributed by atoms with E-state index in [0.29, 0.717) is 0 Å². The van der Waals surface area contributed by atoms with Crippen LogP contribution in [0.5, 0.6) is 0 Å². The first-order valence-electron chi connectivity index (χ1n) is 5.55. The lowest BCUT2D eigenvalue weighted by Gasteiger charge is -2.21. The highest BCUT2D eigenvalue weighted by Crippen LogP contribution is 2.26. The maximum Gasteiger partial charge on any atom is 0.0876 e. The van der Waals surface area contributed by atoms with Crippen LogP contribution in [-0.4, -0.2) is 16.8 Å². The molecule has 0 saturated carbocycles. The number of aryl methyl sites for hydroxylation is 2. The van der Waals surface area contributed by atoms with Gasteiger partial charge in [0.1, 0.15) is 0 Å². The van der Waals surface area contributed by atoms with E-state index in [1.165, 1.54) is 0 Å². The van der Waals surface area contributed by atoms with Crippen molar-refractivity contribution < 1.29 is 4.74 Å². The number of rotatable bonds is 2. The third kappa shape index (κ3) is 2.22. The Labute approximate surface area is 95.5 Å². The van der Waals surface area contributed by atoms with E-state index in [0.717, 1.165) is 42.0 Å². The van der Waals surface area contributed by atoms with E-state index in [1.54, 1.807) is 6.26 Å². The first-order valence-corrected chi connectivity index (χ1v) is 5.55. The van der Waals surface area contributed by atoms with Crippen molar-refractivity contribution in [2.24, 2.45) is 5.73 Å². The standard InChI is InChI=1S/C12H17N3O/c1-8-6-11(9(2)15-14-8)12(13)10-4-3-5-16-7-10/h6-7,12H,3-5,13H2,1-2H3. The minimum Gasteiger partial charge on any atom is -0.501 e. The Morgan fingerprint density at radius 1 is 1.38 bits per heavy atom. The van der Waals surface area contributed by atoms with Crippen molar-refractivity contribution in [1.29, 1.82) is 0 Å². The SMILES string of the molecule is Cc1cc(C(N)C2=COCCC2)c(C)nn1. The molecule has 0 radical (unpaired) electrons. The predicted octanol–water partition coefficient (Wildman–Crippen LogP) is 1.79. The molecule has 1 aliphatic heterocycles. The average molecular weight is 219 g/mol. The van der Waals surface area contributed by atoms with Crippen LogP contribution in [0.3, 0.4) is 0 Å². The second-order valence-corrected chi connectivity index (χ2v) is 4.17. The Balaban J connectivity index is 2.29. The van der Waals surface area contributed by atoms with Crippen molar-refractivity contribution in [3.8, 4) is 0 Å². The van der Waals surface area contributed by atoms with Crippen LogP contribution in [0.1, 0.15) is 35.8 Å². The van der Waals surface area contributed by atoms with Gasteiger partial charge in [-0.3, -0.25) is 0 Å². The van der Waals surface area contributed by atoms with E-state index in [2.05, 4.69) is 10.2 Å². The average Bonchev–Trinajstić information content (AvgIpc) is 2.32. The lowest BCUT2D eigenvalue weighted by Crippen LogP contribution is -2.18. The number of hydrogen-bond donors (Lipinski definition) is 1. The van der Waals surface area contributed by atoms with E-state index in [1.807, 2.05) is 19.9 Å². The maximum absolute atomic E-state index is 6.22. The fourth-order valence-corrected chi connectivity index (χ4v) is 1.90. The molecule has 0 aromatic carbocycles. The van der Waals surface area contributed by atoms with E-state index >= 15 is 0 Å². The van der Waals surface area contributed by atoms with Crippen molar-refractivity contribution in [3.05, 3.63) is 34.9 Å². The summed E-state index contributed by atoms with van der Waals surface area (Å²) in [5.41, 5.74) is 10.2. The van der Waals surface area contributed by atoms with Gasteiger partial charge in [-0.05, 0) is 43.9 Å². The van der Waals surface area contributed by atoms with Gasteiger partial charge < -0.3 is 10.5 Å². The zero-order valence-electron chi connectivity index (χ0n) is 9.73. The van der Waals surface area contributed by atoms with Crippen LogP contribution in [0.25, 0.3) is 0 Å². The number of nitrogens with two attached hydrogens (primary N) is 1. The van der Waals surface area contributed by atoms with E-state index in [-0.39, 0.29) is 6.04 Å². The van der Waals surface area contributed by atoms with E-state index in [4.69, 9.17) is 10.5 Å². The molecule has 0 saturated heterocycles. The topological polar surface area (TPSA) is 61.0 Å². The highest BCUT2D eigenvalue weighted by Gasteiger charge is 2.17. The number of hydrogen-bond acceptors (Lipinski definition) is 4. The molecule has 1 unspecified atom stereocenters. The van der Waals surface area contributed by atoms with Crippen molar-refractivity contribution in [3.63, 3.8) is 0 Å². The molecule has 1 atom stereocenters. The lowest BCUT2D eigenvalue weighted by atomic mass is 9.95. The molecule has 2 rings (SSSR count). The van der Waals surface area contributed by atoms with Gasteiger partial charge >= 0.3 is 0 Å². The van der Waals surface area contributed by atoms with Crippen LogP contribution in [0, 0.1) is 13.8 Å². The molecule has 0 spiro atoms. The number of aromatic nitrogens is 2. The number of nitrogens with zero attached hydrogens (tertiary/aromatic N) is 2. The Morgan fingerprint density at radius 2 is 2.19 bits per heavy atom. The molecular weight excluding hydrogens is 202 g/mol. The molecular formula is C12H17N3O. The van der Waals surface area contributed by atoms with Gasteiger partial charge in [0.15, 0.2) is 0 Å². The second-order valence-electron chi connectivity index (χ2n) is 4.17. The van der Waals surface area contributed by atoms with Gasteiger partial charge in [0.25, 0.3) is 0 Å². The molecule has 0 amide bonds. The molecule has 0 fully saturated rings. The molecule has 2 N–H and O–H groups in total. The van der Waals surface area contributed by atoms with Gasteiger partial charge in [-0.25, -0.2) is 0 Å². The molecule has 2 heterocycles. The minimum absolute atomic E-state index is 0.116. The number of ether oxygens (including phenoxy) is 1. The molecule has 4 nitrogen and oxygen atoms in total. The molecule has 16 heavy (non-hydrogen) atoms. The van der Waals surface area contributed by atoms with E-state index in [9.17, 15) is 0 Å². The van der Waals surface area contributed by atoms with Crippen LogP contribution in [0.4, 0.5) is 0 Å². The van der Waals surface area contributed by atoms with Gasteiger partial charge in [-0.2, -0.15) is 10.2 Å². The molecule has 1 aliphatic rings. The minimum atomic E-state index is -0.116. The van der Waals surface area contributed by atoms with Crippen LogP contribution in [0.15, 0.2) is 17.9 Å². The molecule has 1 aromatic rings. The van der Waals surface area contributed by atoms with Gasteiger partial charge in [0.05, 0.1) is 30.3 Å². The monoisotopic (exact) mass is 219 g/mol. The second kappa shape index (κ2) is 4.61. The third-order valence-electron chi connectivity index (χ3n) is 2.84. The Hall–Kier alpha value is -1.42. The highest BCUT2D eigenvalue weighted by atomic mass is 16.5. The lowest BCUT2D eigenvalue weighted by molar-refractivity contribution is 0.221. The summed E-state index contributed by atoms with van der Waals surface area (Å²) in [4.78, 5) is 0. The molecule has 86 valence electrons. The first kappa shape index (κ1) is 11.1. The Kier molecular flexibility index (Phi) is 3.19. The largest absolute Gasteiger partial charge is 0.501 e. The normalized spacial score (nSPS) is 17.6. The van der Waals surface area contributed by atoms with Crippen LogP contribution in [0.2, 0.25) is 0 Å². The maximum atomic E-state index is 6.22. The van der Waals surface area contributed by atoms with Crippen LogP contribution in [-0.2, 0) is 4.74 Å². The predicted molar refractivity (Wildman–Crippen MR) is 61.7 cm³/mol. The van der Waals surface area contributed by atoms with Crippen molar-refractivity contribution in [2.75, 3.05) is 6.61 Å². The third-order valence-corrected chi connectivity index (χ3v) is 2.84. The summed E-state index contributed by atoms with van der Waals surface area (Å²) in [6.45, 7) is 4.66. The van der Waals surface area contributed by atoms with Crippen LogP contribution >= 0.6 is 0 Å². The summed E-state index contributed by atoms with van der Waals surface area (Å²) in [5.74, 6) is 0. The highest BCUT2D eigenvalue weighted by molar-refractivity contribution is 5.30. The Bertz CT molecular complexity index is 415. The van der Waals surface area contributed by atoms with Crippen LogP contribution < -0.4 is 5.73 Å². The Morgan fingerprint density at radius 3 is 2.88 bits per heavy atom. The van der Waals surface area contributed by atoms with Gasteiger partial charge in [-0.15, -0.1) is 0 Å². The quantitative estimate of drug-likeness (QED) is 0.823. The fraction of sp³-hybridized carbons (Fsp3) is 0.500. The molecule has 1 aromatic heterocycles. The van der Waals surface area contributed by atoms with Gasteiger partial charge in [0, 0.05) is 0 Å². The summed E-state index contributed by atoms with van der Waals surface area (Å²) >= 11 is 0. The van der Waals surface area contributed by atoms with Gasteiger partial charge in [-0.1, -0.05) is 0 Å². The smallest absolute Gasteiger partial charge is 0.0876 e. The summed E-state index contributed by atoms with van der Waals surface area (Å²) in [5, 5.41) is 8.11. The van der Waals surface area contributed by atoms with Gasteiger partial charge in [0.2, 0.25) is 0 Å². The fourth-order valence-electron chi connectivity index (χ4n) is 1.90. The molecule has 0 bridgehead atoms. The first-order chi connectivity index (χ1) is 7.68. The molecule has 4 heteroatoms. The zero-order chi connectivity index (χ0) is 11.5. The summed E-state index contributed by atoms with van der Waals surface area (Å²) in [6.07, 6.45) is 3.83. The van der Waals surface area contributed by atoms with Crippen molar-refractivity contribution in [1.82, 2.24) is 10.2 Å². The summed E-state index contributed by atoms with van der Waals surface area (Å²) in [7, 11) is 0. The zero-order valence-corrected chi connectivity index (χ0v) is 9.73. The van der Waals surface area contributed by atoms with E-state index < -0.39 is 0 Å². The molecule has 0 aliphatic carbocycles.